The molecule has 0 radical (unpaired) electrons. The van der Waals surface area contributed by atoms with Gasteiger partial charge in [-0.15, -0.1) is 0 Å². The van der Waals surface area contributed by atoms with Crippen LogP contribution in [0.2, 0.25) is 0 Å². The van der Waals surface area contributed by atoms with E-state index in [1.807, 2.05) is 0 Å². The average molecular weight is 404 g/mol. The summed E-state index contributed by atoms with van der Waals surface area (Å²) >= 11 is 0. The highest BCUT2D eigenvalue weighted by atomic mass is 16.2. The predicted octanol–water partition coefficient (Wildman–Crippen LogP) is 2.72. The van der Waals surface area contributed by atoms with Gasteiger partial charge in [-0.3, -0.25) is 24.0 Å². The maximum Gasteiger partial charge on any atom is 0.248 e. The number of β-lactam (4-membered cyclic amide) rings is 4. The van der Waals surface area contributed by atoms with Crippen LogP contribution in [-0.4, -0.2) is 29.4 Å². The summed E-state index contributed by atoms with van der Waals surface area (Å²) in [5.74, 6) is -1.36. The van der Waals surface area contributed by atoms with Crippen LogP contribution in [0.3, 0.4) is 0 Å². The first-order valence-electron chi connectivity index (χ1n) is 9.50. The summed E-state index contributed by atoms with van der Waals surface area (Å²) < 4.78 is 0. The van der Waals surface area contributed by atoms with Crippen LogP contribution in [0.5, 0.6) is 0 Å². The number of benzene rings is 2. The molecular weight excluding hydrogens is 384 g/mol. The number of nitrogens with zero attached hydrogens (tertiary/aromatic N) is 2. The minimum atomic E-state index is -1.01. The Labute approximate surface area is 173 Å². The molecule has 0 aliphatic carbocycles. The Morgan fingerprint density at radius 3 is 1.10 bits per heavy atom. The van der Waals surface area contributed by atoms with Gasteiger partial charge >= 0.3 is 0 Å². The fourth-order valence-corrected chi connectivity index (χ4v) is 3.54. The number of amides is 4. The van der Waals surface area contributed by atoms with Crippen molar-refractivity contribution >= 4 is 40.8 Å². The zero-order chi connectivity index (χ0) is 22.0. The third-order valence-corrected chi connectivity index (χ3v) is 5.73. The first kappa shape index (κ1) is 19.7. The molecule has 0 saturated carbocycles. The van der Waals surface area contributed by atoms with E-state index in [2.05, 4.69) is 0 Å². The maximum atomic E-state index is 12.7. The van der Waals surface area contributed by atoms with Crippen LogP contribution in [0, 0.1) is 10.8 Å². The number of anilines is 2. The topological polar surface area (TPSA) is 91.8 Å². The zero-order valence-corrected chi connectivity index (χ0v) is 17.1. The summed E-state index contributed by atoms with van der Waals surface area (Å²) in [6, 6.07) is 12.5. The van der Waals surface area contributed by atoms with E-state index in [1.54, 1.807) is 76.2 Å². The first-order valence-corrected chi connectivity index (χ1v) is 9.50. The Bertz CT molecular complexity index is 1000. The van der Waals surface area contributed by atoms with Crippen LogP contribution in [0.25, 0.3) is 0 Å². The van der Waals surface area contributed by atoms with Crippen molar-refractivity contribution in [1.29, 1.82) is 0 Å². The number of carbonyl (C=O) groups excluding carboxylic acids is 5. The van der Waals surface area contributed by atoms with Crippen molar-refractivity contribution in [3.63, 3.8) is 0 Å². The van der Waals surface area contributed by atoms with Gasteiger partial charge in [-0.05, 0) is 76.2 Å². The van der Waals surface area contributed by atoms with Crippen molar-refractivity contribution in [3.8, 4) is 0 Å². The molecule has 152 valence electrons. The fraction of sp³-hybridized carbons (Fsp3) is 0.261. The van der Waals surface area contributed by atoms with Crippen LogP contribution in [0.4, 0.5) is 11.4 Å². The normalized spacial score (nSPS) is 19.5. The minimum Gasteiger partial charge on any atom is -0.289 e. The quantitative estimate of drug-likeness (QED) is 0.444. The lowest BCUT2D eigenvalue weighted by Gasteiger charge is -2.41. The molecule has 2 aliphatic heterocycles. The number of imide groups is 2. The van der Waals surface area contributed by atoms with Crippen LogP contribution in [-0.2, 0) is 19.2 Å². The summed E-state index contributed by atoms with van der Waals surface area (Å²) in [6.45, 7) is 6.33. The van der Waals surface area contributed by atoms with E-state index in [1.165, 1.54) is 0 Å². The van der Waals surface area contributed by atoms with Gasteiger partial charge in [-0.2, -0.15) is 0 Å². The Morgan fingerprint density at radius 2 is 0.833 bits per heavy atom. The number of hydrogen-bond donors (Lipinski definition) is 0. The van der Waals surface area contributed by atoms with Gasteiger partial charge in [0.1, 0.15) is 10.8 Å². The van der Waals surface area contributed by atoms with Crippen molar-refractivity contribution < 1.29 is 24.0 Å². The van der Waals surface area contributed by atoms with Crippen LogP contribution in [0.1, 0.15) is 43.6 Å². The summed E-state index contributed by atoms with van der Waals surface area (Å²) in [7, 11) is 0. The Kier molecular flexibility index (Phi) is 4.06. The second-order valence-electron chi connectivity index (χ2n) is 8.56. The second-order valence-corrected chi connectivity index (χ2v) is 8.56. The molecule has 4 amide bonds. The van der Waals surface area contributed by atoms with Crippen LogP contribution in [0.15, 0.2) is 48.5 Å². The molecule has 2 fully saturated rings. The van der Waals surface area contributed by atoms with Gasteiger partial charge < -0.3 is 0 Å². The number of ketones is 1. The van der Waals surface area contributed by atoms with Crippen molar-refractivity contribution in [2.24, 2.45) is 10.8 Å². The molecule has 0 N–H and O–H groups in total. The molecular formula is C23H20N2O5. The van der Waals surface area contributed by atoms with Gasteiger partial charge in [0.2, 0.25) is 23.6 Å². The van der Waals surface area contributed by atoms with E-state index in [9.17, 15) is 24.0 Å². The van der Waals surface area contributed by atoms with Gasteiger partial charge in [0.05, 0.1) is 11.4 Å². The van der Waals surface area contributed by atoms with E-state index in [0.717, 1.165) is 9.80 Å². The van der Waals surface area contributed by atoms with E-state index in [0.29, 0.717) is 22.5 Å². The lowest BCUT2D eigenvalue weighted by atomic mass is 9.81. The molecule has 0 unspecified atom stereocenters. The van der Waals surface area contributed by atoms with Crippen molar-refractivity contribution in [1.82, 2.24) is 0 Å². The summed E-state index contributed by atoms with van der Waals surface area (Å²) in [4.78, 5) is 63.4. The van der Waals surface area contributed by atoms with Crippen molar-refractivity contribution in [2.75, 3.05) is 9.80 Å². The third-order valence-electron chi connectivity index (χ3n) is 5.73. The molecule has 30 heavy (non-hydrogen) atoms. The largest absolute Gasteiger partial charge is 0.289 e. The Hall–Kier alpha value is -3.61. The molecule has 2 aromatic rings. The second kappa shape index (κ2) is 6.19. The Morgan fingerprint density at radius 1 is 0.567 bits per heavy atom. The van der Waals surface area contributed by atoms with Crippen LogP contribution >= 0.6 is 0 Å². The summed E-state index contributed by atoms with van der Waals surface area (Å²) in [5.41, 5.74) is -0.385. The first-order chi connectivity index (χ1) is 14.0. The average Bonchev–Trinajstić information content (AvgIpc) is 2.74. The highest BCUT2D eigenvalue weighted by Gasteiger charge is 2.55. The van der Waals surface area contributed by atoms with Crippen molar-refractivity contribution in [3.05, 3.63) is 59.7 Å². The van der Waals surface area contributed by atoms with Gasteiger partial charge in [0.15, 0.2) is 5.78 Å². The predicted molar refractivity (Wildman–Crippen MR) is 109 cm³/mol. The molecule has 2 aromatic carbocycles. The molecule has 0 aromatic heterocycles. The smallest absolute Gasteiger partial charge is 0.248 e. The maximum absolute atomic E-state index is 12.7. The zero-order valence-electron chi connectivity index (χ0n) is 17.1. The number of rotatable bonds is 4. The molecule has 4 rings (SSSR count). The molecule has 0 atom stereocenters. The molecule has 2 heterocycles. The monoisotopic (exact) mass is 404 g/mol. The molecule has 0 bridgehead atoms. The summed E-state index contributed by atoms with van der Waals surface area (Å²) in [5, 5.41) is 0. The minimum absolute atomic E-state index is 0.253. The van der Waals surface area contributed by atoms with Crippen molar-refractivity contribution in [2.45, 2.75) is 27.7 Å². The fourth-order valence-electron chi connectivity index (χ4n) is 3.54. The number of carbonyl (C=O) groups is 5. The Balaban J connectivity index is 1.50. The standard InChI is InChI=1S/C23H20N2O5/c1-22(2)18(27)24(19(22)28)15-9-5-13(6-10-15)17(26)14-7-11-16(12-8-14)25-20(29)23(3,4)21(25)30/h5-12H,1-4H3. The summed E-state index contributed by atoms with van der Waals surface area (Å²) in [6.07, 6.45) is 0. The molecule has 2 saturated heterocycles. The third kappa shape index (κ3) is 2.55. The molecule has 7 heteroatoms. The lowest BCUT2D eigenvalue weighted by molar-refractivity contribution is -0.151. The van der Waals surface area contributed by atoms with E-state index in [-0.39, 0.29) is 29.4 Å². The number of hydrogen-bond acceptors (Lipinski definition) is 5. The van der Waals surface area contributed by atoms with Gasteiger partial charge in [-0.25, -0.2) is 9.80 Å². The SMILES string of the molecule is CC1(C)C(=O)N(c2ccc(C(=O)c3ccc(N4C(=O)C(C)(C)C4=O)cc3)cc2)C1=O. The molecule has 0 spiro atoms. The van der Waals surface area contributed by atoms with Gasteiger partial charge in [0, 0.05) is 11.1 Å². The van der Waals surface area contributed by atoms with E-state index < -0.39 is 10.8 Å². The lowest BCUT2D eigenvalue weighted by Crippen LogP contribution is -2.63. The van der Waals surface area contributed by atoms with Gasteiger partial charge in [-0.1, -0.05) is 0 Å². The van der Waals surface area contributed by atoms with Crippen LogP contribution < -0.4 is 9.80 Å². The van der Waals surface area contributed by atoms with E-state index in [4.69, 9.17) is 0 Å². The molecule has 2 aliphatic rings. The van der Waals surface area contributed by atoms with E-state index >= 15 is 0 Å². The highest BCUT2D eigenvalue weighted by Crippen LogP contribution is 2.38. The highest BCUT2D eigenvalue weighted by molar-refractivity contribution is 6.36. The van der Waals surface area contributed by atoms with Gasteiger partial charge in [0.25, 0.3) is 0 Å². The molecule has 7 nitrogen and oxygen atoms in total.